The summed E-state index contributed by atoms with van der Waals surface area (Å²) in [4.78, 5) is 29.9. The minimum Gasteiger partial charge on any atom is -0.497 e. The van der Waals surface area contributed by atoms with Gasteiger partial charge >= 0.3 is 5.97 Å². The summed E-state index contributed by atoms with van der Waals surface area (Å²) in [5, 5.41) is 3.80. The van der Waals surface area contributed by atoms with Crippen molar-refractivity contribution < 1.29 is 23.8 Å². The van der Waals surface area contributed by atoms with Crippen molar-refractivity contribution in [2.75, 3.05) is 14.2 Å². The van der Waals surface area contributed by atoms with Crippen LogP contribution in [0.15, 0.2) is 76.6 Å². The van der Waals surface area contributed by atoms with E-state index in [-0.39, 0.29) is 11.7 Å². The van der Waals surface area contributed by atoms with Crippen LogP contribution in [-0.4, -0.2) is 31.3 Å². The second-order valence-electron chi connectivity index (χ2n) is 6.99. The van der Waals surface area contributed by atoms with Crippen LogP contribution in [0.3, 0.4) is 0 Å². The van der Waals surface area contributed by atoms with Gasteiger partial charge in [-0.3, -0.25) is 4.79 Å². The molecule has 7 nitrogen and oxygen atoms in total. The number of methoxy groups -OCH3 is 2. The van der Waals surface area contributed by atoms with E-state index in [9.17, 15) is 9.59 Å². The van der Waals surface area contributed by atoms with E-state index in [2.05, 4.69) is 10.3 Å². The molecule has 1 N–H and O–H groups in total. The van der Waals surface area contributed by atoms with Gasteiger partial charge in [0.25, 0.3) is 5.91 Å². The molecule has 0 saturated carbocycles. The predicted molar refractivity (Wildman–Crippen MR) is 133 cm³/mol. The quantitative estimate of drug-likeness (QED) is 0.278. The molecule has 3 aromatic rings. The van der Waals surface area contributed by atoms with Crippen molar-refractivity contribution in [1.29, 1.82) is 0 Å². The maximum absolute atomic E-state index is 12.6. The lowest BCUT2D eigenvalue weighted by molar-refractivity contribution is -0.115. The van der Waals surface area contributed by atoms with E-state index in [0.29, 0.717) is 43.4 Å². The van der Waals surface area contributed by atoms with Crippen LogP contribution in [0.4, 0.5) is 5.69 Å². The van der Waals surface area contributed by atoms with Gasteiger partial charge in [-0.25, -0.2) is 9.79 Å². The van der Waals surface area contributed by atoms with Gasteiger partial charge < -0.3 is 19.5 Å². The van der Waals surface area contributed by atoms with E-state index in [1.165, 1.54) is 18.9 Å². The summed E-state index contributed by atoms with van der Waals surface area (Å²) in [6, 6.07) is 18.6. The molecular formula is C25H19ClN2O5S. The number of benzene rings is 3. The molecule has 0 spiro atoms. The fraction of sp³-hybridized carbons (Fsp3) is 0.0800. The largest absolute Gasteiger partial charge is 0.497 e. The Hall–Kier alpha value is -3.75. The topological polar surface area (TPSA) is 86.2 Å². The Morgan fingerprint density at radius 1 is 0.971 bits per heavy atom. The number of amidine groups is 1. The van der Waals surface area contributed by atoms with Crippen LogP contribution in [0.5, 0.6) is 17.2 Å². The number of carbonyl (C=O) groups excluding carboxylic acids is 2. The van der Waals surface area contributed by atoms with Crippen LogP contribution in [0, 0.1) is 0 Å². The third kappa shape index (κ3) is 5.59. The lowest BCUT2D eigenvalue weighted by Crippen LogP contribution is -2.19. The molecule has 0 atom stereocenters. The van der Waals surface area contributed by atoms with Gasteiger partial charge in [-0.2, -0.15) is 0 Å². The molecule has 1 saturated heterocycles. The molecule has 0 aliphatic carbocycles. The highest BCUT2D eigenvalue weighted by Crippen LogP contribution is 2.33. The van der Waals surface area contributed by atoms with Crippen molar-refractivity contribution in [1.82, 2.24) is 5.32 Å². The average Bonchev–Trinajstić information content (AvgIpc) is 3.19. The first kappa shape index (κ1) is 23.4. The zero-order valence-corrected chi connectivity index (χ0v) is 19.8. The highest BCUT2D eigenvalue weighted by molar-refractivity contribution is 8.18. The molecule has 0 unspecified atom stereocenters. The number of amides is 1. The highest BCUT2D eigenvalue weighted by atomic mass is 35.5. The summed E-state index contributed by atoms with van der Waals surface area (Å²) >= 11 is 7.11. The number of rotatable bonds is 6. The van der Waals surface area contributed by atoms with Crippen LogP contribution >= 0.6 is 23.4 Å². The molecule has 1 fully saturated rings. The van der Waals surface area contributed by atoms with Crippen molar-refractivity contribution in [2.45, 2.75) is 0 Å². The molecule has 3 aromatic carbocycles. The average molecular weight is 495 g/mol. The molecule has 9 heteroatoms. The van der Waals surface area contributed by atoms with Crippen molar-refractivity contribution in [3.63, 3.8) is 0 Å². The van der Waals surface area contributed by atoms with Crippen LogP contribution in [0.25, 0.3) is 6.08 Å². The van der Waals surface area contributed by atoms with Gasteiger partial charge in [-0.1, -0.05) is 17.7 Å². The van der Waals surface area contributed by atoms with Gasteiger partial charge in [-0.05, 0) is 84.1 Å². The Kier molecular flexibility index (Phi) is 7.20. The summed E-state index contributed by atoms with van der Waals surface area (Å²) in [6.07, 6.45) is 1.69. The van der Waals surface area contributed by atoms with E-state index in [0.717, 1.165) is 0 Å². The van der Waals surface area contributed by atoms with E-state index in [1.54, 1.807) is 79.9 Å². The van der Waals surface area contributed by atoms with Gasteiger partial charge in [0.05, 0.1) is 30.4 Å². The minimum atomic E-state index is -0.545. The lowest BCUT2D eigenvalue weighted by Gasteiger charge is -2.10. The fourth-order valence-electron chi connectivity index (χ4n) is 3.01. The predicted octanol–water partition coefficient (Wildman–Crippen LogP) is 5.47. The van der Waals surface area contributed by atoms with Gasteiger partial charge in [0.15, 0.2) is 16.7 Å². The number of thioether (sulfide) groups is 1. The van der Waals surface area contributed by atoms with Crippen LogP contribution in [0.2, 0.25) is 5.02 Å². The molecule has 1 heterocycles. The first-order valence-electron chi connectivity index (χ1n) is 10.0. The highest BCUT2D eigenvalue weighted by Gasteiger charge is 2.24. The maximum Gasteiger partial charge on any atom is 0.343 e. The third-order valence-electron chi connectivity index (χ3n) is 4.72. The Balaban J connectivity index is 1.54. The number of hydrogen-bond donors (Lipinski definition) is 1. The smallest absolute Gasteiger partial charge is 0.343 e. The minimum absolute atomic E-state index is 0.233. The van der Waals surface area contributed by atoms with Gasteiger partial charge in [0, 0.05) is 5.02 Å². The molecule has 0 bridgehead atoms. The number of aliphatic imine (C=N–C) groups is 1. The van der Waals surface area contributed by atoms with E-state index >= 15 is 0 Å². The fourth-order valence-corrected chi connectivity index (χ4v) is 3.98. The van der Waals surface area contributed by atoms with E-state index in [1.807, 2.05) is 0 Å². The zero-order chi connectivity index (χ0) is 24.1. The monoisotopic (exact) mass is 494 g/mol. The van der Waals surface area contributed by atoms with Crippen molar-refractivity contribution in [2.24, 2.45) is 4.99 Å². The molecule has 0 aromatic heterocycles. The molecule has 1 aliphatic heterocycles. The Labute approximate surface area is 205 Å². The second kappa shape index (κ2) is 10.5. The number of hydrogen-bond acceptors (Lipinski definition) is 7. The van der Waals surface area contributed by atoms with Crippen molar-refractivity contribution in [3.05, 3.63) is 87.8 Å². The summed E-state index contributed by atoms with van der Waals surface area (Å²) in [7, 11) is 3.03. The number of halogens is 1. The zero-order valence-electron chi connectivity index (χ0n) is 18.2. The lowest BCUT2D eigenvalue weighted by atomic mass is 10.1. The Morgan fingerprint density at radius 3 is 2.38 bits per heavy atom. The number of nitrogens with zero attached hydrogens (tertiary/aromatic N) is 1. The van der Waals surface area contributed by atoms with Crippen LogP contribution < -0.4 is 19.5 Å². The molecule has 1 amide bonds. The standard InChI is InChI=1S/C25H19ClN2O5S/c1-31-19-10-4-16(5-11-19)24(30)33-21-13-15(3-12-20(21)32-2)14-22-23(29)28-25(34-22)27-18-8-6-17(26)7-9-18/h3-14H,1-2H3,(H,27,28,29)/b22-14-. The normalized spacial score (nSPS) is 15.3. The van der Waals surface area contributed by atoms with Crippen molar-refractivity contribution >= 4 is 52.2 Å². The van der Waals surface area contributed by atoms with Crippen LogP contribution in [0.1, 0.15) is 15.9 Å². The van der Waals surface area contributed by atoms with Gasteiger partial charge in [0.1, 0.15) is 5.75 Å². The maximum atomic E-state index is 12.6. The molecular weight excluding hydrogens is 476 g/mol. The van der Waals surface area contributed by atoms with E-state index in [4.69, 9.17) is 25.8 Å². The van der Waals surface area contributed by atoms with Crippen molar-refractivity contribution in [3.8, 4) is 17.2 Å². The summed E-state index contributed by atoms with van der Waals surface area (Å²) < 4.78 is 16.0. The molecule has 4 rings (SSSR count). The number of ether oxygens (including phenoxy) is 3. The number of nitrogens with one attached hydrogen (secondary N) is 1. The van der Waals surface area contributed by atoms with Gasteiger partial charge in [0.2, 0.25) is 0 Å². The summed E-state index contributed by atoms with van der Waals surface area (Å²) in [6.45, 7) is 0. The molecule has 0 radical (unpaired) electrons. The second-order valence-corrected chi connectivity index (χ2v) is 8.45. The Bertz CT molecular complexity index is 1290. The molecule has 1 aliphatic rings. The third-order valence-corrected chi connectivity index (χ3v) is 5.88. The van der Waals surface area contributed by atoms with Crippen LogP contribution in [-0.2, 0) is 4.79 Å². The summed E-state index contributed by atoms with van der Waals surface area (Å²) in [5.74, 6) is 0.434. The molecule has 34 heavy (non-hydrogen) atoms. The SMILES string of the molecule is COc1ccc(C(=O)Oc2cc(/C=C3\SC(=Nc4ccc(Cl)cc4)NC3=O)ccc2OC)cc1. The van der Waals surface area contributed by atoms with E-state index < -0.39 is 5.97 Å². The molecule has 172 valence electrons. The Morgan fingerprint density at radius 2 is 1.71 bits per heavy atom. The van der Waals surface area contributed by atoms with Gasteiger partial charge in [-0.15, -0.1) is 0 Å². The number of esters is 1. The first-order chi connectivity index (χ1) is 16.4. The first-order valence-corrected chi connectivity index (χ1v) is 11.2. The summed E-state index contributed by atoms with van der Waals surface area (Å²) in [5.41, 5.74) is 1.69. The number of carbonyl (C=O) groups is 2.